The van der Waals surface area contributed by atoms with Crippen LogP contribution in [0.5, 0.6) is 0 Å². The molecular weight excluding hydrogens is 406 g/mol. The van der Waals surface area contributed by atoms with E-state index in [-0.39, 0.29) is 5.91 Å². The largest absolute Gasteiger partial charge is 0.355 e. The van der Waals surface area contributed by atoms with E-state index in [1.165, 1.54) is 16.6 Å². The molecule has 0 fully saturated rings. The average molecular weight is 422 g/mol. The molecule has 4 nitrogen and oxygen atoms in total. The van der Waals surface area contributed by atoms with Crippen LogP contribution in [0.1, 0.15) is 4.88 Å². The number of thioether (sulfide) groups is 1. The molecule has 3 rings (SSSR count). The molecule has 0 spiro atoms. The number of rotatable bonds is 7. The molecule has 124 valence electrons. The normalized spacial score (nSPS) is 10.7. The third kappa shape index (κ3) is 4.72. The Morgan fingerprint density at radius 3 is 2.88 bits per heavy atom. The van der Waals surface area contributed by atoms with E-state index < -0.39 is 0 Å². The van der Waals surface area contributed by atoms with Crippen LogP contribution in [0.3, 0.4) is 0 Å². The zero-order valence-electron chi connectivity index (χ0n) is 12.8. The highest BCUT2D eigenvalue weighted by Crippen LogP contribution is 2.21. The Labute approximate surface area is 157 Å². The van der Waals surface area contributed by atoms with Gasteiger partial charge in [-0.1, -0.05) is 33.8 Å². The number of nitrogens with zero attached hydrogens (tertiary/aromatic N) is 2. The van der Waals surface area contributed by atoms with Crippen LogP contribution in [-0.4, -0.2) is 27.8 Å². The van der Waals surface area contributed by atoms with Crippen molar-refractivity contribution in [1.82, 2.24) is 14.9 Å². The zero-order chi connectivity index (χ0) is 16.8. The molecule has 0 saturated heterocycles. The molecule has 0 radical (unpaired) electrons. The van der Waals surface area contributed by atoms with Gasteiger partial charge in [-0.3, -0.25) is 9.36 Å². The van der Waals surface area contributed by atoms with Gasteiger partial charge in [0.1, 0.15) is 0 Å². The number of benzene rings is 1. The third-order valence-corrected chi connectivity index (χ3v) is 5.75. The summed E-state index contributed by atoms with van der Waals surface area (Å²) in [7, 11) is 0. The molecule has 3 aromatic rings. The van der Waals surface area contributed by atoms with E-state index in [0.29, 0.717) is 12.3 Å². The van der Waals surface area contributed by atoms with Crippen molar-refractivity contribution in [3.63, 3.8) is 0 Å². The predicted molar refractivity (Wildman–Crippen MR) is 103 cm³/mol. The number of halogens is 1. The van der Waals surface area contributed by atoms with Crippen LogP contribution in [0.4, 0.5) is 0 Å². The molecule has 0 bridgehead atoms. The van der Waals surface area contributed by atoms with Crippen LogP contribution >= 0.6 is 39.0 Å². The lowest BCUT2D eigenvalue weighted by atomic mass is 10.3. The summed E-state index contributed by atoms with van der Waals surface area (Å²) in [5.74, 6) is 0.389. The van der Waals surface area contributed by atoms with E-state index in [1.807, 2.05) is 41.1 Å². The Bertz CT molecular complexity index is 785. The summed E-state index contributed by atoms with van der Waals surface area (Å²) in [4.78, 5) is 17.6. The lowest BCUT2D eigenvalue weighted by Crippen LogP contribution is -2.27. The second-order valence-corrected chi connectivity index (χ2v) is 7.91. The van der Waals surface area contributed by atoms with E-state index >= 15 is 0 Å². The lowest BCUT2D eigenvalue weighted by molar-refractivity contribution is -0.118. The molecule has 0 saturated carbocycles. The first-order valence-corrected chi connectivity index (χ1v) is 10.1. The summed E-state index contributed by atoms with van der Waals surface area (Å²) in [6, 6.07) is 12.1. The number of carbonyl (C=O) groups is 1. The molecule has 7 heteroatoms. The van der Waals surface area contributed by atoms with Crippen molar-refractivity contribution in [2.45, 2.75) is 11.6 Å². The first kappa shape index (κ1) is 17.3. The second kappa shape index (κ2) is 8.50. The van der Waals surface area contributed by atoms with Crippen molar-refractivity contribution in [2.75, 3.05) is 12.3 Å². The smallest absolute Gasteiger partial charge is 0.230 e. The Morgan fingerprint density at radius 2 is 2.12 bits per heavy atom. The number of thiophene rings is 1. The third-order valence-electron chi connectivity index (χ3n) is 3.32. The van der Waals surface area contributed by atoms with E-state index in [0.717, 1.165) is 21.7 Å². The first-order chi connectivity index (χ1) is 11.7. The van der Waals surface area contributed by atoms with Crippen molar-refractivity contribution in [3.8, 4) is 5.69 Å². The Hall–Kier alpha value is -1.57. The van der Waals surface area contributed by atoms with Crippen molar-refractivity contribution in [2.24, 2.45) is 0 Å². The standard InChI is InChI=1S/C17H16BrN3OS2/c18-13-3-5-14(6-4-13)21-10-9-20-17(21)24-12-16(22)19-8-7-15-2-1-11-23-15/h1-6,9-11H,7-8,12H2,(H,19,22). The fraction of sp³-hybridized carbons (Fsp3) is 0.176. The van der Waals surface area contributed by atoms with Gasteiger partial charge in [-0.05, 0) is 42.1 Å². The maximum Gasteiger partial charge on any atom is 0.230 e. The van der Waals surface area contributed by atoms with Crippen molar-refractivity contribution < 1.29 is 4.79 Å². The molecule has 2 heterocycles. The van der Waals surface area contributed by atoms with Gasteiger partial charge in [0.25, 0.3) is 0 Å². The number of nitrogens with one attached hydrogen (secondary N) is 1. The highest BCUT2D eigenvalue weighted by molar-refractivity contribution is 9.10. The summed E-state index contributed by atoms with van der Waals surface area (Å²) in [6.45, 7) is 0.668. The minimum absolute atomic E-state index is 0.0295. The number of hydrogen-bond donors (Lipinski definition) is 1. The topological polar surface area (TPSA) is 46.9 Å². The van der Waals surface area contributed by atoms with Crippen LogP contribution in [0.2, 0.25) is 0 Å². The number of carbonyl (C=O) groups excluding carboxylic acids is 1. The molecular formula is C17H16BrN3OS2. The number of hydrogen-bond acceptors (Lipinski definition) is 4. The predicted octanol–water partition coefficient (Wildman–Crippen LogP) is 4.15. The van der Waals surface area contributed by atoms with Gasteiger partial charge < -0.3 is 5.32 Å². The summed E-state index contributed by atoms with van der Waals surface area (Å²) in [5.41, 5.74) is 1.02. The molecule has 0 aliphatic rings. The van der Waals surface area contributed by atoms with E-state index in [1.54, 1.807) is 17.5 Å². The molecule has 0 aliphatic carbocycles. The van der Waals surface area contributed by atoms with Gasteiger partial charge in [0, 0.05) is 34.0 Å². The van der Waals surface area contributed by atoms with E-state index in [9.17, 15) is 4.79 Å². The quantitative estimate of drug-likeness (QED) is 0.582. The number of aromatic nitrogens is 2. The number of amides is 1. The fourth-order valence-electron chi connectivity index (χ4n) is 2.16. The highest BCUT2D eigenvalue weighted by Gasteiger charge is 2.09. The molecule has 24 heavy (non-hydrogen) atoms. The summed E-state index contributed by atoms with van der Waals surface area (Å²) >= 11 is 6.59. The zero-order valence-corrected chi connectivity index (χ0v) is 16.0. The van der Waals surface area contributed by atoms with Crippen LogP contribution < -0.4 is 5.32 Å². The van der Waals surface area contributed by atoms with Gasteiger partial charge in [-0.2, -0.15) is 0 Å². The Kier molecular flexibility index (Phi) is 6.12. The summed E-state index contributed by atoms with van der Waals surface area (Å²) in [6.07, 6.45) is 4.53. The van der Waals surface area contributed by atoms with Crippen LogP contribution in [0.25, 0.3) is 5.69 Å². The number of imidazole rings is 1. The lowest BCUT2D eigenvalue weighted by Gasteiger charge is -2.08. The second-order valence-electron chi connectivity index (χ2n) is 5.02. The molecule has 0 atom stereocenters. The van der Waals surface area contributed by atoms with Crippen LogP contribution in [0, 0.1) is 0 Å². The van der Waals surface area contributed by atoms with Gasteiger partial charge >= 0.3 is 0 Å². The van der Waals surface area contributed by atoms with Crippen molar-refractivity contribution in [3.05, 3.63) is 63.5 Å². The van der Waals surface area contributed by atoms with Crippen molar-refractivity contribution in [1.29, 1.82) is 0 Å². The fourth-order valence-corrected chi connectivity index (χ4v) is 3.93. The molecule has 2 aromatic heterocycles. The Balaban J connectivity index is 1.50. The Morgan fingerprint density at radius 1 is 1.29 bits per heavy atom. The average Bonchev–Trinajstić information content (AvgIpc) is 3.25. The summed E-state index contributed by atoms with van der Waals surface area (Å²) < 4.78 is 3.02. The maximum absolute atomic E-state index is 12.0. The van der Waals surface area contributed by atoms with Gasteiger partial charge in [-0.25, -0.2) is 4.98 Å². The monoisotopic (exact) mass is 421 g/mol. The molecule has 1 aromatic carbocycles. The van der Waals surface area contributed by atoms with E-state index in [2.05, 4.69) is 37.7 Å². The van der Waals surface area contributed by atoms with Gasteiger partial charge in [-0.15, -0.1) is 11.3 Å². The SMILES string of the molecule is O=C(CSc1nccn1-c1ccc(Br)cc1)NCCc1cccs1. The summed E-state index contributed by atoms with van der Waals surface area (Å²) in [5, 5.41) is 5.82. The molecule has 0 aliphatic heterocycles. The minimum Gasteiger partial charge on any atom is -0.355 e. The van der Waals surface area contributed by atoms with E-state index in [4.69, 9.17) is 0 Å². The van der Waals surface area contributed by atoms with Gasteiger partial charge in [0.15, 0.2) is 5.16 Å². The maximum atomic E-state index is 12.0. The van der Waals surface area contributed by atoms with Crippen LogP contribution in [-0.2, 0) is 11.2 Å². The molecule has 0 unspecified atom stereocenters. The van der Waals surface area contributed by atoms with Crippen LogP contribution in [0.15, 0.2) is 63.8 Å². The minimum atomic E-state index is 0.0295. The van der Waals surface area contributed by atoms with Crippen molar-refractivity contribution >= 4 is 44.9 Å². The molecule has 1 N–H and O–H groups in total. The van der Waals surface area contributed by atoms with Gasteiger partial charge in [0.05, 0.1) is 5.75 Å². The first-order valence-electron chi connectivity index (χ1n) is 7.43. The molecule has 1 amide bonds. The highest BCUT2D eigenvalue weighted by atomic mass is 79.9. The van der Waals surface area contributed by atoms with Gasteiger partial charge in [0.2, 0.25) is 5.91 Å².